The first-order chi connectivity index (χ1) is 14.2. The lowest BCUT2D eigenvalue weighted by Crippen LogP contribution is -2.35. The molecule has 1 fully saturated rings. The molecule has 0 atom stereocenters. The van der Waals surface area contributed by atoms with Crippen LogP contribution in [0, 0.1) is 0 Å². The van der Waals surface area contributed by atoms with Gasteiger partial charge in [0.15, 0.2) is 0 Å². The molecule has 1 aromatic heterocycles. The zero-order chi connectivity index (χ0) is 21.7. The van der Waals surface area contributed by atoms with E-state index in [4.69, 9.17) is 15.2 Å². The van der Waals surface area contributed by atoms with E-state index in [1.165, 1.54) is 6.20 Å². The van der Waals surface area contributed by atoms with Gasteiger partial charge in [0.25, 0.3) is 5.91 Å². The highest BCUT2D eigenvalue weighted by Crippen LogP contribution is 2.23. The van der Waals surface area contributed by atoms with E-state index in [-0.39, 0.29) is 11.4 Å². The van der Waals surface area contributed by atoms with Crippen molar-refractivity contribution in [2.45, 2.75) is 32.9 Å². The van der Waals surface area contributed by atoms with Crippen LogP contribution in [-0.2, 0) is 16.0 Å². The number of ether oxygens (including phenoxy) is 2. The van der Waals surface area contributed by atoms with Gasteiger partial charge in [0.05, 0.1) is 36.5 Å². The fraction of sp³-hybridized carbons (Fsp3) is 0.450. The number of hydrogen-bond acceptors (Lipinski definition) is 7. The predicted molar refractivity (Wildman–Crippen MR) is 113 cm³/mol. The molecular formula is C20H28N6O4. The number of carbonyl (C=O) groups is 2. The van der Waals surface area contributed by atoms with E-state index in [2.05, 4.69) is 25.7 Å². The van der Waals surface area contributed by atoms with E-state index in [1.54, 1.807) is 26.8 Å². The SMILES string of the molecule is CC(C)(C)OC(=O)Nc1cn[nH]c1C(=O)Nc1ccc(CN2CCOCC2)cc1N. The fourth-order valence-corrected chi connectivity index (χ4v) is 2.99. The number of morpholine rings is 1. The Balaban J connectivity index is 1.63. The molecule has 2 heterocycles. The number of benzene rings is 1. The molecule has 2 aromatic rings. The van der Waals surface area contributed by atoms with Gasteiger partial charge < -0.3 is 20.5 Å². The summed E-state index contributed by atoms with van der Waals surface area (Å²) < 4.78 is 10.6. The Bertz CT molecular complexity index is 899. The standard InChI is InChI=1S/C20H28N6O4/c1-20(2,3)30-19(28)24-16-11-22-25-17(16)18(27)23-15-5-4-13(10-14(15)21)12-26-6-8-29-9-7-26/h4-5,10-11H,6-9,12,21H2,1-3H3,(H,22,25)(H,23,27)(H,24,28). The third-order valence-electron chi connectivity index (χ3n) is 4.38. The molecule has 0 saturated carbocycles. The number of anilines is 3. The van der Waals surface area contributed by atoms with E-state index in [9.17, 15) is 9.59 Å². The zero-order valence-electron chi connectivity index (χ0n) is 17.4. The molecule has 162 valence electrons. The quantitative estimate of drug-likeness (QED) is 0.550. The van der Waals surface area contributed by atoms with Crippen LogP contribution in [0.3, 0.4) is 0 Å². The topological polar surface area (TPSA) is 135 Å². The predicted octanol–water partition coefficient (Wildman–Crippen LogP) is 2.42. The highest BCUT2D eigenvalue weighted by atomic mass is 16.6. The third-order valence-corrected chi connectivity index (χ3v) is 4.38. The summed E-state index contributed by atoms with van der Waals surface area (Å²) in [5, 5.41) is 11.7. The number of H-pyrrole nitrogens is 1. The van der Waals surface area contributed by atoms with E-state index in [0.717, 1.165) is 38.4 Å². The number of aromatic amines is 1. The Morgan fingerprint density at radius 2 is 1.97 bits per heavy atom. The van der Waals surface area contributed by atoms with Gasteiger partial charge in [-0.15, -0.1) is 0 Å². The van der Waals surface area contributed by atoms with Gasteiger partial charge in [0, 0.05) is 19.6 Å². The molecule has 0 radical (unpaired) electrons. The van der Waals surface area contributed by atoms with Crippen molar-refractivity contribution in [3.63, 3.8) is 0 Å². The number of hydrogen-bond donors (Lipinski definition) is 4. The van der Waals surface area contributed by atoms with Gasteiger partial charge in [-0.25, -0.2) is 4.79 Å². The molecule has 1 aliphatic rings. The molecule has 2 amide bonds. The van der Waals surface area contributed by atoms with Crippen LogP contribution in [0.25, 0.3) is 0 Å². The van der Waals surface area contributed by atoms with Crippen molar-refractivity contribution in [2.24, 2.45) is 0 Å². The minimum atomic E-state index is -0.676. The monoisotopic (exact) mass is 416 g/mol. The van der Waals surface area contributed by atoms with Crippen LogP contribution in [0.4, 0.5) is 21.9 Å². The number of nitrogens with zero attached hydrogens (tertiary/aromatic N) is 2. The third kappa shape index (κ3) is 5.94. The van der Waals surface area contributed by atoms with Gasteiger partial charge in [-0.2, -0.15) is 5.10 Å². The van der Waals surface area contributed by atoms with E-state index >= 15 is 0 Å². The maximum absolute atomic E-state index is 12.7. The number of nitrogens with one attached hydrogen (secondary N) is 3. The Kier molecular flexibility index (Phi) is 6.58. The molecule has 10 heteroatoms. The lowest BCUT2D eigenvalue weighted by molar-refractivity contribution is 0.0342. The summed E-state index contributed by atoms with van der Waals surface area (Å²) in [5.74, 6) is -0.480. The zero-order valence-corrected chi connectivity index (χ0v) is 17.4. The first kappa shape index (κ1) is 21.6. The second-order valence-electron chi connectivity index (χ2n) is 8.05. The van der Waals surface area contributed by atoms with Gasteiger partial charge in [-0.1, -0.05) is 6.07 Å². The second-order valence-corrected chi connectivity index (χ2v) is 8.05. The minimum Gasteiger partial charge on any atom is -0.444 e. The van der Waals surface area contributed by atoms with Crippen molar-refractivity contribution in [1.82, 2.24) is 15.1 Å². The summed E-state index contributed by atoms with van der Waals surface area (Å²) in [6.45, 7) is 9.24. The molecule has 0 aliphatic carbocycles. The number of aromatic nitrogens is 2. The molecule has 10 nitrogen and oxygen atoms in total. The van der Waals surface area contributed by atoms with Gasteiger partial charge >= 0.3 is 6.09 Å². The van der Waals surface area contributed by atoms with E-state index in [0.29, 0.717) is 11.4 Å². The number of carbonyl (C=O) groups excluding carboxylic acids is 2. The summed E-state index contributed by atoms with van der Waals surface area (Å²) in [4.78, 5) is 26.9. The maximum Gasteiger partial charge on any atom is 0.412 e. The van der Waals surface area contributed by atoms with Crippen LogP contribution in [0.15, 0.2) is 24.4 Å². The molecular weight excluding hydrogens is 388 g/mol. The van der Waals surface area contributed by atoms with Crippen molar-refractivity contribution < 1.29 is 19.1 Å². The van der Waals surface area contributed by atoms with Crippen LogP contribution in [0.1, 0.15) is 36.8 Å². The van der Waals surface area contributed by atoms with Crippen molar-refractivity contribution in [3.05, 3.63) is 35.7 Å². The van der Waals surface area contributed by atoms with Crippen LogP contribution < -0.4 is 16.4 Å². The Hall–Kier alpha value is -3.11. The molecule has 3 rings (SSSR count). The maximum atomic E-state index is 12.7. The number of amides is 2. The number of rotatable bonds is 5. The summed E-state index contributed by atoms with van der Waals surface area (Å²) >= 11 is 0. The van der Waals surface area contributed by atoms with Gasteiger partial charge in [-0.05, 0) is 38.5 Å². The van der Waals surface area contributed by atoms with Crippen LogP contribution in [0.2, 0.25) is 0 Å². The lowest BCUT2D eigenvalue weighted by atomic mass is 10.1. The molecule has 30 heavy (non-hydrogen) atoms. The first-order valence-electron chi connectivity index (χ1n) is 9.74. The highest BCUT2D eigenvalue weighted by Gasteiger charge is 2.21. The molecule has 1 saturated heterocycles. The fourth-order valence-electron chi connectivity index (χ4n) is 2.99. The Labute approximate surface area is 175 Å². The molecule has 1 aromatic carbocycles. The lowest BCUT2D eigenvalue weighted by Gasteiger charge is -2.26. The smallest absolute Gasteiger partial charge is 0.412 e. The van der Waals surface area contributed by atoms with Crippen molar-refractivity contribution in [1.29, 1.82) is 0 Å². The highest BCUT2D eigenvalue weighted by molar-refractivity contribution is 6.09. The van der Waals surface area contributed by atoms with E-state index < -0.39 is 17.6 Å². The Morgan fingerprint density at radius 3 is 2.63 bits per heavy atom. The van der Waals surface area contributed by atoms with Gasteiger partial charge in [0.2, 0.25) is 0 Å². The van der Waals surface area contributed by atoms with Crippen LogP contribution in [-0.4, -0.2) is 59.0 Å². The summed E-state index contributed by atoms with van der Waals surface area (Å²) in [6, 6.07) is 5.53. The largest absolute Gasteiger partial charge is 0.444 e. The minimum absolute atomic E-state index is 0.0950. The molecule has 1 aliphatic heterocycles. The molecule has 0 unspecified atom stereocenters. The van der Waals surface area contributed by atoms with Gasteiger partial charge in [0.1, 0.15) is 11.3 Å². The van der Waals surface area contributed by atoms with Crippen LogP contribution >= 0.6 is 0 Å². The summed E-state index contributed by atoms with van der Waals surface area (Å²) in [7, 11) is 0. The first-order valence-corrected chi connectivity index (χ1v) is 9.74. The number of nitrogen functional groups attached to an aromatic ring is 1. The van der Waals surface area contributed by atoms with Crippen molar-refractivity contribution >= 4 is 29.1 Å². The van der Waals surface area contributed by atoms with Gasteiger partial charge in [-0.3, -0.25) is 20.1 Å². The molecule has 5 N–H and O–H groups in total. The average Bonchev–Trinajstić information content (AvgIpc) is 3.11. The van der Waals surface area contributed by atoms with E-state index in [1.807, 2.05) is 12.1 Å². The molecule has 0 bridgehead atoms. The average molecular weight is 416 g/mol. The summed E-state index contributed by atoms with van der Waals surface area (Å²) in [5.41, 5.74) is 7.78. The number of nitrogens with two attached hydrogens (primary N) is 1. The normalized spacial score (nSPS) is 14.9. The summed E-state index contributed by atoms with van der Waals surface area (Å²) in [6.07, 6.45) is 0.665. The van der Waals surface area contributed by atoms with Crippen molar-refractivity contribution in [3.8, 4) is 0 Å². The second kappa shape index (κ2) is 9.14. The van der Waals surface area contributed by atoms with Crippen molar-refractivity contribution in [2.75, 3.05) is 42.7 Å². The Morgan fingerprint density at radius 1 is 1.23 bits per heavy atom. The molecule has 0 spiro atoms. The van der Waals surface area contributed by atoms with Crippen LogP contribution in [0.5, 0.6) is 0 Å².